The Hall–Kier alpha value is -2.96. The Labute approximate surface area is 131 Å². The molecule has 0 bridgehead atoms. The number of nitrogens with one attached hydrogen (secondary N) is 1. The van der Waals surface area contributed by atoms with Crippen LogP contribution >= 0.6 is 0 Å². The van der Waals surface area contributed by atoms with E-state index in [-0.39, 0.29) is 24.7 Å². The number of carbonyl (C=O) groups is 2. The van der Waals surface area contributed by atoms with Crippen molar-refractivity contribution in [2.75, 3.05) is 13.2 Å². The molecule has 0 radical (unpaired) electrons. The van der Waals surface area contributed by atoms with Gasteiger partial charge in [-0.15, -0.1) is 0 Å². The lowest BCUT2D eigenvalue weighted by molar-refractivity contribution is 0.0507. The van der Waals surface area contributed by atoms with Crippen molar-refractivity contribution < 1.29 is 19.1 Å². The molecule has 0 aliphatic heterocycles. The summed E-state index contributed by atoms with van der Waals surface area (Å²) < 4.78 is 9.97. The summed E-state index contributed by atoms with van der Waals surface area (Å²) in [5, 5.41) is 1.33. The average Bonchev–Trinajstić information content (AvgIpc) is 2.92. The van der Waals surface area contributed by atoms with Gasteiger partial charge in [0.1, 0.15) is 5.65 Å². The standard InChI is InChI=1S/C16H15N3O4/c1-3-22-15(20)12-11-9-7-5-6-8-10(9)17-13(11)19-14(18-12)16(21)23-4-2/h5-8H,3-4H2,1-2H3,(H,17,18,19). The van der Waals surface area contributed by atoms with Crippen LogP contribution in [0.15, 0.2) is 24.3 Å². The number of hydrogen-bond donors (Lipinski definition) is 1. The predicted molar refractivity (Wildman–Crippen MR) is 83.3 cm³/mol. The van der Waals surface area contributed by atoms with Gasteiger partial charge in [0.15, 0.2) is 5.69 Å². The summed E-state index contributed by atoms with van der Waals surface area (Å²) in [7, 11) is 0. The third-order valence-electron chi connectivity index (χ3n) is 3.29. The lowest BCUT2D eigenvalue weighted by atomic mass is 10.1. The summed E-state index contributed by atoms with van der Waals surface area (Å²) in [6.07, 6.45) is 0. The fourth-order valence-corrected chi connectivity index (χ4v) is 2.38. The van der Waals surface area contributed by atoms with E-state index in [0.717, 1.165) is 10.9 Å². The first kappa shape index (κ1) is 15.0. The number of hydrogen-bond acceptors (Lipinski definition) is 6. The normalized spacial score (nSPS) is 10.9. The maximum absolute atomic E-state index is 12.3. The zero-order valence-corrected chi connectivity index (χ0v) is 12.8. The third-order valence-corrected chi connectivity index (χ3v) is 3.29. The summed E-state index contributed by atoms with van der Waals surface area (Å²) in [6.45, 7) is 3.80. The maximum Gasteiger partial charge on any atom is 0.376 e. The Morgan fingerprint density at radius 2 is 1.74 bits per heavy atom. The molecule has 23 heavy (non-hydrogen) atoms. The van der Waals surface area contributed by atoms with Gasteiger partial charge < -0.3 is 14.5 Å². The molecule has 0 fully saturated rings. The zero-order chi connectivity index (χ0) is 16.4. The Morgan fingerprint density at radius 3 is 2.48 bits per heavy atom. The van der Waals surface area contributed by atoms with E-state index in [1.807, 2.05) is 24.3 Å². The van der Waals surface area contributed by atoms with Crippen molar-refractivity contribution in [2.45, 2.75) is 13.8 Å². The monoisotopic (exact) mass is 313 g/mol. The number of rotatable bonds is 4. The lowest BCUT2D eigenvalue weighted by Gasteiger charge is -2.05. The highest BCUT2D eigenvalue weighted by Crippen LogP contribution is 2.27. The number of para-hydroxylation sites is 1. The van der Waals surface area contributed by atoms with E-state index >= 15 is 0 Å². The quantitative estimate of drug-likeness (QED) is 0.744. The van der Waals surface area contributed by atoms with Gasteiger partial charge in [-0.1, -0.05) is 18.2 Å². The van der Waals surface area contributed by atoms with Crippen LogP contribution in [0.4, 0.5) is 0 Å². The van der Waals surface area contributed by atoms with E-state index in [2.05, 4.69) is 15.0 Å². The van der Waals surface area contributed by atoms with Crippen LogP contribution in [0.25, 0.3) is 21.9 Å². The Bertz CT molecular complexity index is 901. The molecule has 1 N–H and O–H groups in total. The van der Waals surface area contributed by atoms with Crippen molar-refractivity contribution in [2.24, 2.45) is 0 Å². The van der Waals surface area contributed by atoms with Crippen molar-refractivity contribution in [1.82, 2.24) is 15.0 Å². The molecule has 1 aromatic carbocycles. The molecule has 0 saturated heterocycles. The number of nitrogens with zero attached hydrogens (tertiary/aromatic N) is 2. The van der Waals surface area contributed by atoms with E-state index in [0.29, 0.717) is 11.0 Å². The summed E-state index contributed by atoms with van der Waals surface area (Å²) in [5.74, 6) is -1.46. The zero-order valence-electron chi connectivity index (χ0n) is 12.8. The molecule has 0 aliphatic carbocycles. The summed E-state index contributed by atoms with van der Waals surface area (Å²) in [6, 6.07) is 7.42. The molecule has 0 unspecified atom stereocenters. The fourth-order valence-electron chi connectivity index (χ4n) is 2.38. The maximum atomic E-state index is 12.3. The second-order valence-electron chi connectivity index (χ2n) is 4.73. The third kappa shape index (κ3) is 2.61. The molecule has 118 valence electrons. The predicted octanol–water partition coefficient (Wildman–Crippen LogP) is 2.46. The molecule has 7 nitrogen and oxygen atoms in total. The van der Waals surface area contributed by atoms with Gasteiger partial charge in [0.25, 0.3) is 0 Å². The smallest absolute Gasteiger partial charge is 0.376 e. The minimum atomic E-state index is -0.682. The SMILES string of the molecule is CCOC(=O)c1nc(C(=O)OCC)c2c(n1)[nH]c1ccccc12. The van der Waals surface area contributed by atoms with Gasteiger partial charge in [-0.3, -0.25) is 0 Å². The van der Waals surface area contributed by atoms with Crippen LogP contribution in [0, 0.1) is 0 Å². The number of fused-ring (bicyclic) bond motifs is 3. The number of aromatic nitrogens is 3. The molecule has 0 saturated carbocycles. The number of benzene rings is 1. The summed E-state index contributed by atoms with van der Waals surface area (Å²) in [5.41, 5.74) is 1.24. The molecular formula is C16H15N3O4. The first-order valence-corrected chi connectivity index (χ1v) is 7.28. The van der Waals surface area contributed by atoms with Gasteiger partial charge in [-0.25, -0.2) is 19.6 Å². The van der Waals surface area contributed by atoms with Gasteiger partial charge in [-0.2, -0.15) is 0 Å². The molecule has 0 amide bonds. The lowest BCUT2D eigenvalue weighted by Crippen LogP contribution is -2.15. The summed E-state index contributed by atoms with van der Waals surface area (Å²) >= 11 is 0. The van der Waals surface area contributed by atoms with Gasteiger partial charge in [-0.05, 0) is 19.9 Å². The van der Waals surface area contributed by atoms with Crippen molar-refractivity contribution in [1.29, 1.82) is 0 Å². The summed E-state index contributed by atoms with van der Waals surface area (Å²) in [4.78, 5) is 35.5. The average molecular weight is 313 g/mol. The van der Waals surface area contributed by atoms with Crippen LogP contribution in [0.2, 0.25) is 0 Å². The van der Waals surface area contributed by atoms with Crippen LogP contribution in [-0.4, -0.2) is 40.1 Å². The van der Waals surface area contributed by atoms with Gasteiger partial charge >= 0.3 is 11.9 Å². The highest BCUT2D eigenvalue weighted by molar-refractivity contribution is 6.15. The molecule has 2 aromatic heterocycles. The molecule has 0 atom stereocenters. The van der Waals surface area contributed by atoms with Crippen LogP contribution < -0.4 is 0 Å². The highest BCUT2D eigenvalue weighted by Gasteiger charge is 2.23. The van der Waals surface area contributed by atoms with E-state index < -0.39 is 11.9 Å². The second-order valence-corrected chi connectivity index (χ2v) is 4.73. The van der Waals surface area contributed by atoms with Crippen molar-refractivity contribution >= 4 is 33.9 Å². The molecule has 3 aromatic rings. The molecule has 2 heterocycles. The fraction of sp³-hybridized carbons (Fsp3) is 0.250. The molecular weight excluding hydrogens is 298 g/mol. The van der Waals surface area contributed by atoms with Crippen molar-refractivity contribution in [3.8, 4) is 0 Å². The van der Waals surface area contributed by atoms with Crippen molar-refractivity contribution in [3.05, 3.63) is 35.8 Å². The number of esters is 2. The number of aromatic amines is 1. The van der Waals surface area contributed by atoms with Gasteiger partial charge in [0.05, 0.1) is 18.6 Å². The molecule has 7 heteroatoms. The first-order chi connectivity index (χ1) is 11.2. The first-order valence-electron chi connectivity index (χ1n) is 7.28. The Balaban J connectivity index is 2.29. The van der Waals surface area contributed by atoms with Crippen LogP contribution in [-0.2, 0) is 9.47 Å². The van der Waals surface area contributed by atoms with Crippen LogP contribution in [0.3, 0.4) is 0 Å². The van der Waals surface area contributed by atoms with E-state index in [9.17, 15) is 9.59 Å². The highest BCUT2D eigenvalue weighted by atomic mass is 16.5. The number of H-pyrrole nitrogens is 1. The van der Waals surface area contributed by atoms with Crippen molar-refractivity contribution in [3.63, 3.8) is 0 Å². The minimum Gasteiger partial charge on any atom is -0.461 e. The molecule has 3 rings (SSSR count). The van der Waals surface area contributed by atoms with Gasteiger partial charge in [0.2, 0.25) is 5.82 Å². The Morgan fingerprint density at radius 1 is 1.04 bits per heavy atom. The Kier molecular flexibility index (Phi) is 3.92. The largest absolute Gasteiger partial charge is 0.461 e. The second kappa shape index (κ2) is 6.04. The molecule has 0 spiro atoms. The van der Waals surface area contributed by atoms with E-state index in [4.69, 9.17) is 9.47 Å². The van der Waals surface area contributed by atoms with Gasteiger partial charge in [0, 0.05) is 10.9 Å². The van der Waals surface area contributed by atoms with Crippen LogP contribution in [0.1, 0.15) is 35.0 Å². The number of carbonyl (C=O) groups excluding carboxylic acids is 2. The minimum absolute atomic E-state index is 0.0531. The number of ether oxygens (including phenoxy) is 2. The topological polar surface area (TPSA) is 94.2 Å². The van der Waals surface area contributed by atoms with E-state index in [1.54, 1.807) is 13.8 Å². The van der Waals surface area contributed by atoms with Crippen LogP contribution in [0.5, 0.6) is 0 Å². The van der Waals surface area contributed by atoms with E-state index in [1.165, 1.54) is 0 Å². The molecule has 0 aliphatic rings.